The average Bonchev–Trinajstić information content (AvgIpc) is 4.20. The first-order valence-electron chi connectivity index (χ1n) is 21.9. The number of hydrogen-bond acceptors (Lipinski definition) is 16. The van der Waals surface area contributed by atoms with Gasteiger partial charge in [-0.1, -0.05) is 75.2 Å². The summed E-state index contributed by atoms with van der Waals surface area (Å²) in [5, 5.41) is 68.4. The molecule has 5 N–H and O–H groups in total. The number of anilines is 1. The van der Waals surface area contributed by atoms with Crippen molar-refractivity contribution in [2.24, 2.45) is 0 Å². The standard InChI is InChI=1S/C11H18N2Si.C8H10N2.C6H9IN2.C6H9N3O2.C6H11N3.C3H3N3O2.CH3F.CH2O3.2CH4O.6CH4.2K.H/c1-10(2)13-8-6-11(12-13)7-9-14(3,4)5;1-4-8-5-6-10(9-8)7(2)3;1-5(2)9-4-3-6(7)8-9;1-5(2)8-4-3-6(7-8)9(10)11;1-5(2)9-4-3-6(7)8-9;7-6(8)3-1-2-4-5-3;1-2;2-1-4-3;2*1-2;;;;;;;;;/h6,8,10H,1-5H3;1,5-7H,2-3H3;3-5H,1-2H3;3-5H,1-2H3;3-5H,1-2H3,(H2,7,8);1-2H,(H,4,5);1H3;1,3H;2*2H,1H3;6*1H4;;;/q;;;;;;;;;;;;;;;;2*+1;-1/p-1/i;;;;;;1D;;;;;;;;;;;;. The second kappa shape index (κ2) is 62.1. The molecule has 0 aliphatic rings. The van der Waals surface area contributed by atoms with Gasteiger partial charge in [0.1, 0.15) is 29.0 Å². The topological polar surface area (TPSA) is 320 Å². The summed E-state index contributed by atoms with van der Waals surface area (Å²) in [7, 11) is -0.268. The van der Waals surface area contributed by atoms with Crippen LogP contribution in [0.2, 0.25) is 19.6 Å². The summed E-state index contributed by atoms with van der Waals surface area (Å²) in [5.41, 5.74) is 10.3. The Balaban J connectivity index is -0.0000000591. The van der Waals surface area contributed by atoms with E-state index in [4.69, 9.17) is 33.8 Å². The Morgan fingerprint density at radius 1 is 0.709 bits per heavy atom. The van der Waals surface area contributed by atoms with E-state index in [0.29, 0.717) is 35.7 Å². The van der Waals surface area contributed by atoms with Gasteiger partial charge in [-0.2, -0.15) is 25.1 Å². The van der Waals surface area contributed by atoms with Crippen molar-refractivity contribution >= 4 is 54.6 Å². The number of rotatable bonds is 8. The molecule has 446 valence electrons. The first-order chi connectivity index (χ1) is 33.8. The van der Waals surface area contributed by atoms with E-state index in [1.54, 1.807) is 16.9 Å². The van der Waals surface area contributed by atoms with Crippen LogP contribution >= 0.6 is 22.6 Å². The van der Waals surface area contributed by atoms with Gasteiger partial charge in [-0.3, -0.25) is 27.9 Å². The number of nitrogens with zero attached hydrogens (tertiary/aromatic N) is 13. The van der Waals surface area contributed by atoms with Gasteiger partial charge in [0.25, 0.3) is 6.47 Å². The van der Waals surface area contributed by atoms with Crippen molar-refractivity contribution in [3.05, 3.63) is 109 Å². The smallest absolute Gasteiger partial charge is 1.00 e. The summed E-state index contributed by atoms with van der Waals surface area (Å²) in [6.45, 7) is 27.1. The number of aromatic nitrogens is 12. The zero-order valence-corrected chi connectivity index (χ0v) is 54.5. The first kappa shape index (κ1) is 101. The van der Waals surface area contributed by atoms with E-state index >= 15 is 0 Å². The SMILES string of the molecule is C.C.C.C.C.C.C#Cc1ccn(C(C)C)n1.CC(C)n1ccc(C#C[Si](C)(C)C)n1.CC(C)n1ccc(I)n1.CC(C)n1ccc(N)n1.CC(C)n1ccc([N+](=O)[O-])n1.CO.CO.O=CO[O-].O=[N+]([O-])c1ccn[nH]1.[2H]CF.[H-].[K+].[K+]. The van der Waals surface area contributed by atoms with Crippen LogP contribution in [0.25, 0.3) is 0 Å². The number of carbonyl (C=O) groups is 1. The number of nitrogens with one attached hydrogen (secondary N) is 1. The van der Waals surface area contributed by atoms with E-state index in [0.717, 1.165) is 23.6 Å². The number of carbonyl (C=O) groups excluding carboxylic acids is 1. The Hall–Kier alpha value is -3.52. The summed E-state index contributed by atoms with van der Waals surface area (Å²) in [4.78, 5) is 30.2. The average molecular weight is 1310 g/mol. The number of nitro groups is 2. The van der Waals surface area contributed by atoms with E-state index in [2.05, 4.69) is 156 Å². The molecule has 0 spiro atoms. The minimum absolute atomic E-state index is 0. The Morgan fingerprint density at radius 2 is 1.06 bits per heavy atom. The monoisotopic (exact) mass is 1300 g/mol. The van der Waals surface area contributed by atoms with Crippen molar-refractivity contribution in [1.82, 2.24) is 59.1 Å². The van der Waals surface area contributed by atoms with Gasteiger partial charge in [-0.05, 0) is 132 Å². The van der Waals surface area contributed by atoms with Crippen LogP contribution in [0.3, 0.4) is 0 Å². The molecule has 0 aliphatic carbocycles. The van der Waals surface area contributed by atoms with Gasteiger partial charge < -0.3 is 47.7 Å². The first-order valence-corrected chi connectivity index (χ1v) is 25.8. The summed E-state index contributed by atoms with van der Waals surface area (Å²) in [6.07, 6.45) is 15.8. The molecule has 0 saturated heterocycles. The minimum atomic E-state index is -1.27. The van der Waals surface area contributed by atoms with E-state index in [-0.39, 0.29) is 173 Å². The number of H-pyrrole nitrogens is 1. The predicted molar refractivity (Wildman–Crippen MR) is 322 cm³/mol. The zero-order chi connectivity index (χ0) is 56.6. The van der Waals surface area contributed by atoms with E-state index in [9.17, 15) is 24.6 Å². The number of aliphatic hydroxyl groups is 2. The molecule has 0 atom stereocenters. The molecular weight excluding hydrogens is 1210 g/mol. The van der Waals surface area contributed by atoms with Gasteiger partial charge in [0, 0.05) is 63.2 Å². The third-order valence-corrected chi connectivity index (χ3v) is 8.73. The third kappa shape index (κ3) is 53.5. The Morgan fingerprint density at radius 3 is 1.28 bits per heavy atom. The van der Waals surface area contributed by atoms with Gasteiger partial charge in [0.05, 0.1) is 44.2 Å². The second-order valence-corrected chi connectivity index (χ2v) is 21.5. The van der Waals surface area contributed by atoms with E-state index in [1.165, 1.54) is 18.3 Å². The maximum Gasteiger partial charge on any atom is 1.00 e. The van der Waals surface area contributed by atoms with Crippen LogP contribution in [-0.4, -0.2) is 115 Å². The van der Waals surface area contributed by atoms with Crippen molar-refractivity contribution in [1.29, 1.82) is 0 Å². The Kier molecular flexibility index (Phi) is 79.1. The molecular formula is C50H97FIK2N15O9Si. The number of nitrogens with two attached hydrogens (primary N) is 1. The summed E-state index contributed by atoms with van der Waals surface area (Å²) in [5.74, 6) is 6.02. The second-order valence-electron chi connectivity index (χ2n) is 15.6. The fraction of sp³-hybridized carbons (Fsp3) is 0.540. The summed E-state index contributed by atoms with van der Waals surface area (Å²) >= 11 is 2.20. The van der Waals surface area contributed by atoms with Gasteiger partial charge in [-0.25, -0.2) is 0 Å². The van der Waals surface area contributed by atoms with Gasteiger partial charge in [0.2, 0.25) is 0 Å². The van der Waals surface area contributed by atoms with Crippen molar-refractivity contribution in [3.8, 4) is 23.8 Å². The number of terminal acetylenes is 1. The van der Waals surface area contributed by atoms with Crippen LogP contribution in [0.15, 0.2) is 73.6 Å². The molecule has 24 nitrogen and oxygen atoms in total. The largest absolute Gasteiger partial charge is 1.00 e. The molecule has 0 saturated carbocycles. The molecule has 0 aliphatic heterocycles. The Bertz CT molecular complexity index is 2370. The normalized spacial score (nSPS) is 8.68. The van der Waals surface area contributed by atoms with Crippen molar-refractivity contribution in [3.63, 3.8) is 0 Å². The fourth-order valence-electron chi connectivity index (χ4n) is 3.95. The molecule has 6 rings (SSSR count). The minimum Gasteiger partial charge on any atom is -1.00 e. The van der Waals surface area contributed by atoms with Crippen LogP contribution in [0.5, 0.6) is 0 Å². The van der Waals surface area contributed by atoms with Crippen LogP contribution in [0.1, 0.15) is 158 Å². The Labute approximate surface area is 575 Å². The van der Waals surface area contributed by atoms with Gasteiger partial charge in [-0.15, -0.1) is 17.1 Å². The molecule has 0 aromatic carbocycles. The number of aliphatic hydroxyl groups excluding tert-OH is 2. The molecule has 0 fully saturated rings. The van der Waals surface area contributed by atoms with Crippen LogP contribution in [-0.2, 0) is 9.68 Å². The third-order valence-electron chi connectivity index (χ3n) is 7.28. The maximum absolute atomic E-state index is 10.2. The predicted octanol–water partition coefficient (Wildman–Crippen LogP) is 5.12. The zero-order valence-electron chi connectivity index (χ0n) is 47.1. The van der Waals surface area contributed by atoms with Gasteiger partial charge >= 0.3 is 114 Å². The number of halogens is 2. The summed E-state index contributed by atoms with van der Waals surface area (Å²) in [6, 6.07) is 12.1. The molecule has 6 aromatic rings. The molecule has 0 unspecified atom stereocenters. The number of hydrogen-bond donors (Lipinski definition) is 4. The van der Waals surface area contributed by atoms with Crippen LogP contribution < -0.4 is 114 Å². The van der Waals surface area contributed by atoms with Crippen molar-refractivity contribution in [2.45, 2.75) is 164 Å². The van der Waals surface area contributed by atoms with Crippen molar-refractivity contribution in [2.75, 3.05) is 27.1 Å². The molecule has 0 radical (unpaired) electrons. The number of nitrogen functional groups attached to an aromatic ring is 1. The van der Waals surface area contributed by atoms with E-state index in [1.807, 2.05) is 75.6 Å². The number of alkyl halides is 1. The molecule has 0 amide bonds. The molecule has 79 heavy (non-hydrogen) atoms. The van der Waals surface area contributed by atoms with E-state index < -0.39 is 25.1 Å². The molecule has 0 bridgehead atoms. The van der Waals surface area contributed by atoms with Gasteiger partial charge in [0.15, 0.2) is 0 Å². The van der Waals surface area contributed by atoms with Crippen LogP contribution in [0.4, 0.5) is 21.8 Å². The summed E-state index contributed by atoms with van der Waals surface area (Å²) < 4.78 is 25.7. The molecule has 29 heteroatoms. The fourth-order valence-corrected chi connectivity index (χ4v) is 4.87. The molecule has 6 heterocycles. The maximum atomic E-state index is 10.2. The van der Waals surface area contributed by atoms with Crippen molar-refractivity contribution < 1.29 is 145 Å². The number of aromatic amines is 1. The molecule has 6 aromatic heterocycles. The van der Waals surface area contributed by atoms with Crippen LogP contribution in [0, 0.1) is 47.7 Å². The quantitative estimate of drug-likeness (QED) is 0.0292.